The lowest BCUT2D eigenvalue weighted by Crippen LogP contribution is -2.27. The Hall–Kier alpha value is -1.78. The molecule has 0 radical (unpaired) electrons. The molecule has 0 unspecified atom stereocenters. The molecular formula is C19H25NO6S2. The molecule has 2 rings (SSSR count). The van der Waals surface area contributed by atoms with Crippen LogP contribution in [0.5, 0.6) is 0 Å². The molecule has 0 aliphatic carbocycles. The van der Waals surface area contributed by atoms with Crippen LogP contribution in [0.15, 0.2) is 70.5 Å². The molecule has 0 bridgehead atoms. The van der Waals surface area contributed by atoms with E-state index in [2.05, 4.69) is 4.72 Å². The van der Waals surface area contributed by atoms with Crippen molar-refractivity contribution in [3.8, 4) is 0 Å². The highest BCUT2D eigenvalue weighted by atomic mass is 32.2. The molecule has 1 N–H and O–H groups in total. The van der Waals surface area contributed by atoms with E-state index in [1.165, 1.54) is 12.1 Å². The van der Waals surface area contributed by atoms with Gasteiger partial charge in [0.15, 0.2) is 9.84 Å². The number of ether oxygens (including phenoxy) is 2. The van der Waals surface area contributed by atoms with E-state index in [0.29, 0.717) is 31.1 Å². The topological polar surface area (TPSA) is 98.8 Å². The number of rotatable bonds is 13. The zero-order chi connectivity index (χ0) is 20.3. The number of sulfone groups is 1. The average Bonchev–Trinajstić information content (AvgIpc) is 2.70. The molecule has 0 amide bonds. The van der Waals surface area contributed by atoms with Crippen LogP contribution in [0.4, 0.5) is 0 Å². The van der Waals surface area contributed by atoms with Crippen LogP contribution in [0, 0.1) is 0 Å². The third-order valence-corrected chi connectivity index (χ3v) is 7.06. The predicted molar refractivity (Wildman–Crippen MR) is 106 cm³/mol. The van der Waals surface area contributed by atoms with Crippen LogP contribution in [-0.4, -0.2) is 55.6 Å². The smallest absolute Gasteiger partial charge is 0.240 e. The van der Waals surface area contributed by atoms with Gasteiger partial charge < -0.3 is 9.47 Å². The minimum atomic E-state index is -3.52. The zero-order valence-electron chi connectivity index (χ0n) is 15.5. The van der Waals surface area contributed by atoms with E-state index in [9.17, 15) is 16.8 Å². The van der Waals surface area contributed by atoms with Crippen molar-refractivity contribution in [1.29, 1.82) is 0 Å². The maximum absolute atomic E-state index is 12.1. The Morgan fingerprint density at radius 3 is 1.82 bits per heavy atom. The second-order valence-corrected chi connectivity index (χ2v) is 9.80. The number of hydrogen-bond acceptors (Lipinski definition) is 6. The summed E-state index contributed by atoms with van der Waals surface area (Å²) in [5.74, 6) is 0.0269. The summed E-state index contributed by atoms with van der Waals surface area (Å²) in [5.41, 5.74) is 0. The van der Waals surface area contributed by atoms with E-state index < -0.39 is 19.9 Å². The summed E-state index contributed by atoms with van der Waals surface area (Å²) in [5, 5.41) is 0. The van der Waals surface area contributed by atoms with Crippen molar-refractivity contribution < 1.29 is 26.3 Å². The Morgan fingerprint density at radius 1 is 0.679 bits per heavy atom. The maximum atomic E-state index is 12.1. The monoisotopic (exact) mass is 427 g/mol. The van der Waals surface area contributed by atoms with Gasteiger partial charge in [0.25, 0.3) is 0 Å². The Kier molecular flexibility index (Phi) is 9.07. The van der Waals surface area contributed by atoms with E-state index in [1.54, 1.807) is 48.5 Å². The van der Waals surface area contributed by atoms with Gasteiger partial charge in [0, 0.05) is 13.2 Å². The molecule has 0 saturated heterocycles. The first kappa shape index (κ1) is 22.5. The minimum Gasteiger partial charge on any atom is -0.379 e. The predicted octanol–water partition coefficient (Wildman–Crippen LogP) is 1.86. The normalized spacial score (nSPS) is 12.1. The summed E-state index contributed by atoms with van der Waals surface area (Å²) in [4.78, 5) is 0.528. The van der Waals surface area contributed by atoms with Crippen LogP contribution >= 0.6 is 0 Å². The Morgan fingerprint density at radius 2 is 1.21 bits per heavy atom. The van der Waals surface area contributed by atoms with Crippen molar-refractivity contribution in [3.05, 3.63) is 60.7 Å². The molecule has 7 nitrogen and oxygen atoms in total. The highest BCUT2D eigenvalue weighted by Gasteiger charge is 2.13. The molecule has 0 atom stereocenters. The van der Waals surface area contributed by atoms with Crippen LogP contribution in [0.3, 0.4) is 0 Å². The maximum Gasteiger partial charge on any atom is 0.240 e. The summed E-state index contributed by atoms with van der Waals surface area (Å²) in [6.45, 7) is 1.32. The van der Waals surface area contributed by atoms with Gasteiger partial charge in [-0.1, -0.05) is 36.4 Å². The highest BCUT2D eigenvalue weighted by molar-refractivity contribution is 7.91. The Labute approximate surface area is 166 Å². The first-order valence-corrected chi connectivity index (χ1v) is 12.0. The lowest BCUT2D eigenvalue weighted by atomic mass is 10.4. The standard InChI is InChI=1S/C19H25NO6S2/c21-27(22,18-8-3-1-4-9-18)17-7-13-25-15-16-26-14-12-20-28(23,24)19-10-5-2-6-11-19/h1-6,8-11,20H,7,12-17H2. The fourth-order valence-electron chi connectivity index (χ4n) is 2.35. The van der Waals surface area contributed by atoms with Gasteiger partial charge >= 0.3 is 0 Å². The van der Waals surface area contributed by atoms with Gasteiger partial charge in [0.2, 0.25) is 10.0 Å². The molecular weight excluding hydrogens is 402 g/mol. The SMILES string of the molecule is O=S(=O)(CCCOCCOCCNS(=O)(=O)c1ccccc1)c1ccccc1. The van der Waals surface area contributed by atoms with Crippen molar-refractivity contribution in [2.45, 2.75) is 16.2 Å². The van der Waals surface area contributed by atoms with Crippen molar-refractivity contribution in [1.82, 2.24) is 4.72 Å². The molecule has 2 aromatic rings. The molecule has 0 aromatic heterocycles. The Bertz CT molecular complexity index is 822. The quantitative estimate of drug-likeness (QED) is 0.490. The van der Waals surface area contributed by atoms with Crippen molar-refractivity contribution in [2.24, 2.45) is 0 Å². The molecule has 28 heavy (non-hydrogen) atoms. The van der Waals surface area contributed by atoms with Gasteiger partial charge in [0.1, 0.15) is 0 Å². The minimum absolute atomic E-state index is 0.0269. The zero-order valence-corrected chi connectivity index (χ0v) is 17.1. The molecule has 0 aliphatic rings. The second kappa shape index (κ2) is 11.3. The third-order valence-electron chi connectivity index (χ3n) is 3.77. The highest BCUT2D eigenvalue weighted by Crippen LogP contribution is 2.11. The average molecular weight is 428 g/mol. The summed E-state index contributed by atoms with van der Waals surface area (Å²) < 4.78 is 61.3. The second-order valence-electron chi connectivity index (χ2n) is 5.92. The fourth-order valence-corrected chi connectivity index (χ4v) is 4.69. The molecule has 9 heteroatoms. The summed E-state index contributed by atoms with van der Waals surface area (Å²) in [6, 6.07) is 16.4. The van der Waals surface area contributed by atoms with E-state index in [0.717, 1.165) is 0 Å². The van der Waals surface area contributed by atoms with Crippen LogP contribution in [0.1, 0.15) is 6.42 Å². The van der Waals surface area contributed by atoms with Crippen LogP contribution in [0.2, 0.25) is 0 Å². The van der Waals surface area contributed by atoms with Gasteiger partial charge in [-0.2, -0.15) is 0 Å². The van der Waals surface area contributed by atoms with Gasteiger partial charge in [-0.25, -0.2) is 21.6 Å². The summed E-state index contributed by atoms with van der Waals surface area (Å²) >= 11 is 0. The van der Waals surface area contributed by atoms with Gasteiger partial charge in [0.05, 0.1) is 35.4 Å². The Balaban J connectivity index is 1.51. The van der Waals surface area contributed by atoms with Gasteiger partial charge in [-0.05, 0) is 30.7 Å². The van der Waals surface area contributed by atoms with Crippen molar-refractivity contribution in [2.75, 3.05) is 38.7 Å². The van der Waals surface area contributed by atoms with E-state index in [4.69, 9.17) is 9.47 Å². The van der Waals surface area contributed by atoms with Crippen LogP contribution in [-0.2, 0) is 29.3 Å². The van der Waals surface area contributed by atoms with Crippen LogP contribution < -0.4 is 4.72 Å². The molecule has 0 spiro atoms. The molecule has 0 aliphatic heterocycles. The largest absolute Gasteiger partial charge is 0.379 e. The summed E-state index contributed by atoms with van der Waals surface area (Å²) in [7, 11) is -6.80. The molecule has 154 valence electrons. The molecule has 0 fully saturated rings. The number of nitrogens with one attached hydrogen (secondary N) is 1. The first-order valence-electron chi connectivity index (χ1n) is 8.90. The van der Waals surface area contributed by atoms with Crippen molar-refractivity contribution in [3.63, 3.8) is 0 Å². The number of sulfonamides is 1. The van der Waals surface area contributed by atoms with E-state index in [1.807, 2.05) is 0 Å². The lowest BCUT2D eigenvalue weighted by Gasteiger charge is -2.08. The molecule has 0 saturated carbocycles. The first-order chi connectivity index (χ1) is 13.4. The number of benzene rings is 2. The van der Waals surface area contributed by atoms with E-state index in [-0.39, 0.29) is 23.8 Å². The van der Waals surface area contributed by atoms with Crippen molar-refractivity contribution >= 4 is 19.9 Å². The van der Waals surface area contributed by atoms with Crippen LogP contribution in [0.25, 0.3) is 0 Å². The van der Waals surface area contributed by atoms with E-state index >= 15 is 0 Å². The van der Waals surface area contributed by atoms with Gasteiger partial charge in [-0.15, -0.1) is 0 Å². The lowest BCUT2D eigenvalue weighted by molar-refractivity contribution is 0.0504. The van der Waals surface area contributed by atoms with Gasteiger partial charge in [-0.3, -0.25) is 0 Å². The fraction of sp³-hybridized carbons (Fsp3) is 0.368. The summed E-state index contributed by atoms with van der Waals surface area (Å²) in [6.07, 6.45) is 0.397. The number of hydrogen-bond donors (Lipinski definition) is 1. The third kappa shape index (κ3) is 7.69. The molecule has 0 heterocycles. The molecule has 2 aromatic carbocycles.